The fourth-order valence-corrected chi connectivity index (χ4v) is 2.50. The van der Waals surface area contributed by atoms with E-state index < -0.39 is 17.7 Å². The van der Waals surface area contributed by atoms with Gasteiger partial charge in [-0.15, -0.1) is 0 Å². The van der Waals surface area contributed by atoms with E-state index in [9.17, 15) is 9.59 Å². The lowest BCUT2D eigenvalue weighted by Crippen LogP contribution is -2.47. The van der Waals surface area contributed by atoms with Crippen LogP contribution in [-0.2, 0) is 9.53 Å². The lowest BCUT2D eigenvalue weighted by Gasteiger charge is -2.27. The monoisotopic (exact) mass is 429 g/mol. The number of amides is 2. The van der Waals surface area contributed by atoms with Crippen LogP contribution in [0.4, 0.5) is 10.6 Å². The molecule has 8 heteroatoms. The number of hydrogen-bond acceptors (Lipinski definition) is 5. The molecule has 0 bridgehead atoms. The van der Waals surface area contributed by atoms with Gasteiger partial charge in [-0.1, -0.05) is 20.8 Å². The number of halogens is 1. The SMILES string of the molecule is COc1nc(NC(=O)[C@@H](CC(C)(C)C)NC(=O)OC(C)(C)C)ccc1Br. The third-order valence-electron chi connectivity index (χ3n) is 3.08. The number of methoxy groups -OCH3 is 1. The highest BCUT2D eigenvalue weighted by Gasteiger charge is 2.29. The molecule has 0 fully saturated rings. The Bertz CT molecular complexity index is 651. The molecule has 2 N–H and O–H groups in total. The van der Waals surface area contributed by atoms with Crippen LogP contribution in [0.3, 0.4) is 0 Å². The summed E-state index contributed by atoms with van der Waals surface area (Å²) in [6, 6.07) is 2.61. The van der Waals surface area contributed by atoms with Gasteiger partial charge in [0.15, 0.2) is 0 Å². The highest BCUT2D eigenvalue weighted by atomic mass is 79.9. The number of anilines is 1. The number of nitrogens with zero attached hydrogens (tertiary/aromatic N) is 1. The summed E-state index contributed by atoms with van der Waals surface area (Å²) in [6.45, 7) is 11.3. The van der Waals surface area contributed by atoms with Gasteiger partial charge in [0, 0.05) is 0 Å². The Hall–Kier alpha value is -1.83. The zero-order valence-corrected chi connectivity index (χ0v) is 18.0. The van der Waals surface area contributed by atoms with Crippen LogP contribution in [0.2, 0.25) is 0 Å². The first-order valence-corrected chi connectivity index (χ1v) is 9.11. The van der Waals surface area contributed by atoms with Gasteiger partial charge < -0.3 is 20.1 Å². The largest absolute Gasteiger partial charge is 0.480 e. The number of ether oxygens (including phenoxy) is 2. The molecule has 0 spiro atoms. The van der Waals surface area contributed by atoms with E-state index in [1.165, 1.54) is 7.11 Å². The predicted octanol–water partition coefficient (Wildman–Crippen LogP) is 4.12. The highest BCUT2D eigenvalue weighted by molar-refractivity contribution is 9.10. The minimum absolute atomic E-state index is 0.179. The van der Waals surface area contributed by atoms with Crippen molar-refractivity contribution in [1.82, 2.24) is 10.3 Å². The minimum atomic E-state index is -0.763. The maximum atomic E-state index is 12.7. The fraction of sp³-hybridized carbons (Fsp3) is 0.611. The van der Waals surface area contributed by atoms with E-state index in [0.29, 0.717) is 22.6 Å². The Morgan fingerprint density at radius 1 is 1.19 bits per heavy atom. The van der Waals surface area contributed by atoms with Crippen LogP contribution >= 0.6 is 15.9 Å². The molecule has 0 aliphatic rings. The van der Waals surface area contributed by atoms with Crippen LogP contribution in [0.15, 0.2) is 16.6 Å². The van der Waals surface area contributed by atoms with Crippen molar-refractivity contribution in [1.29, 1.82) is 0 Å². The van der Waals surface area contributed by atoms with Crippen molar-refractivity contribution in [2.75, 3.05) is 12.4 Å². The smallest absolute Gasteiger partial charge is 0.408 e. The number of nitrogens with one attached hydrogen (secondary N) is 2. The zero-order chi connectivity index (χ0) is 20.1. The number of alkyl carbamates (subject to hydrolysis) is 1. The van der Waals surface area contributed by atoms with Crippen LogP contribution in [0, 0.1) is 5.41 Å². The standard InChI is InChI=1S/C18H28BrN3O4/c1-17(2,3)10-12(20-16(24)26-18(4,5)6)14(23)21-13-9-8-11(19)15(22-13)25-7/h8-9,12H,10H2,1-7H3,(H,20,24)(H,21,22,23)/t12-/m1/s1. The number of carbonyl (C=O) groups excluding carboxylic acids is 2. The second-order valence-corrected chi connectivity index (χ2v) is 8.99. The van der Waals surface area contributed by atoms with Gasteiger partial charge in [-0.25, -0.2) is 4.79 Å². The minimum Gasteiger partial charge on any atom is -0.480 e. The molecule has 7 nitrogen and oxygen atoms in total. The lowest BCUT2D eigenvalue weighted by molar-refractivity contribution is -0.118. The zero-order valence-electron chi connectivity index (χ0n) is 16.4. The van der Waals surface area contributed by atoms with Crippen LogP contribution in [0.25, 0.3) is 0 Å². The summed E-state index contributed by atoms with van der Waals surface area (Å²) >= 11 is 3.31. The molecule has 1 rings (SSSR count). The molecular weight excluding hydrogens is 402 g/mol. The van der Waals surface area contributed by atoms with E-state index in [0.717, 1.165) is 0 Å². The number of pyridine rings is 1. The molecule has 2 amide bonds. The second kappa shape index (κ2) is 8.70. The molecule has 0 aliphatic heterocycles. The Labute approximate surface area is 163 Å². The average Bonchev–Trinajstić information content (AvgIpc) is 2.45. The molecule has 0 saturated heterocycles. The quantitative estimate of drug-likeness (QED) is 0.734. The molecule has 1 aromatic rings. The summed E-state index contributed by atoms with van der Waals surface area (Å²) in [5.41, 5.74) is -0.824. The van der Waals surface area contributed by atoms with E-state index in [2.05, 4.69) is 31.5 Å². The maximum absolute atomic E-state index is 12.7. The number of rotatable bonds is 5. The normalized spacial score (nSPS) is 12.9. The fourth-order valence-electron chi connectivity index (χ4n) is 2.12. The van der Waals surface area contributed by atoms with Gasteiger partial charge in [-0.05, 0) is 60.7 Å². The molecule has 26 heavy (non-hydrogen) atoms. The van der Waals surface area contributed by atoms with Gasteiger partial charge in [0.05, 0.1) is 11.6 Å². The van der Waals surface area contributed by atoms with Gasteiger partial charge in [-0.2, -0.15) is 4.98 Å². The van der Waals surface area contributed by atoms with Crippen LogP contribution < -0.4 is 15.4 Å². The molecule has 0 saturated carbocycles. The van der Waals surface area contributed by atoms with Crippen molar-refractivity contribution < 1.29 is 19.1 Å². The molecule has 0 aliphatic carbocycles. The van der Waals surface area contributed by atoms with E-state index in [4.69, 9.17) is 9.47 Å². The van der Waals surface area contributed by atoms with Gasteiger partial charge in [0.25, 0.3) is 0 Å². The first-order chi connectivity index (χ1) is 11.8. The predicted molar refractivity (Wildman–Crippen MR) is 104 cm³/mol. The number of carbonyl (C=O) groups is 2. The molecule has 146 valence electrons. The summed E-state index contributed by atoms with van der Waals surface area (Å²) in [6.07, 6.45) is -0.200. The molecule has 1 atom stereocenters. The number of hydrogen-bond donors (Lipinski definition) is 2. The van der Waals surface area contributed by atoms with Crippen LogP contribution in [-0.4, -0.2) is 35.7 Å². The van der Waals surface area contributed by atoms with Crippen molar-refractivity contribution in [3.63, 3.8) is 0 Å². The van der Waals surface area contributed by atoms with Gasteiger partial charge in [0.2, 0.25) is 11.8 Å². The summed E-state index contributed by atoms with van der Waals surface area (Å²) in [7, 11) is 1.49. The van der Waals surface area contributed by atoms with E-state index in [1.54, 1.807) is 32.9 Å². The first kappa shape index (κ1) is 22.2. The van der Waals surface area contributed by atoms with Crippen molar-refractivity contribution in [2.24, 2.45) is 5.41 Å². The van der Waals surface area contributed by atoms with Gasteiger partial charge in [-0.3, -0.25) is 4.79 Å². The average molecular weight is 430 g/mol. The lowest BCUT2D eigenvalue weighted by atomic mass is 9.88. The molecule has 0 aromatic carbocycles. The third kappa shape index (κ3) is 8.03. The summed E-state index contributed by atoms with van der Waals surface area (Å²) < 4.78 is 11.1. The van der Waals surface area contributed by atoms with Crippen molar-refractivity contribution in [3.8, 4) is 5.88 Å². The Balaban J connectivity index is 2.92. The molecular formula is C18H28BrN3O4. The highest BCUT2D eigenvalue weighted by Crippen LogP contribution is 2.25. The molecule has 1 heterocycles. The Morgan fingerprint density at radius 2 is 1.81 bits per heavy atom. The molecule has 0 radical (unpaired) electrons. The van der Waals surface area contributed by atoms with Crippen molar-refractivity contribution >= 4 is 33.7 Å². The Kier molecular flexibility index (Phi) is 7.44. The Morgan fingerprint density at radius 3 is 2.31 bits per heavy atom. The van der Waals surface area contributed by atoms with E-state index >= 15 is 0 Å². The molecule has 0 unspecified atom stereocenters. The van der Waals surface area contributed by atoms with Crippen molar-refractivity contribution in [3.05, 3.63) is 16.6 Å². The summed E-state index contributed by atoms with van der Waals surface area (Å²) in [4.78, 5) is 29.0. The van der Waals surface area contributed by atoms with Crippen LogP contribution in [0.5, 0.6) is 5.88 Å². The van der Waals surface area contributed by atoms with E-state index in [1.807, 2.05) is 20.8 Å². The number of aromatic nitrogens is 1. The first-order valence-electron chi connectivity index (χ1n) is 8.31. The molecule has 1 aromatic heterocycles. The summed E-state index contributed by atoms with van der Waals surface area (Å²) in [5.74, 6) is 0.317. The second-order valence-electron chi connectivity index (χ2n) is 8.14. The van der Waals surface area contributed by atoms with Gasteiger partial charge >= 0.3 is 6.09 Å². The van der Waals surface area contributed by atoms with Crippen molar-refractivity contribution in [2.45, 2.75) is 59.6 Å². The summed E-state index contributed by atoms with van der Waals surface area (Å²) in [5, 5.41) is 5.36. The maximum Gasteiger partial charge on any atom is 0.408 e. The third-order valence-corrected chi connectivity index (χ3v) is 3.69. The topological polar surface area (TPSA) is 89.5 Å². The van der Waals surface area contributed by atoms with Gasteiger partial charge in [0.1, 0.15) is 17.5 Å². The van der Waals surface area contributed by atoms with E-state index in [-0.39, 0.29) is 11.3 Å². The van der Waals surface area contributed by atoms with Crippen LogP contribution in [0.1, 0.15) is 48.0 Å².